The number of ketones is 1. The fourth-order valence-electron chi connectivity index (χ4n) is 7.42. The molecule has 0 aromatic heterocycles. The summed E-state index contributed by atoms with van der Waals surface area (Å²) in [4.78, 5) is 18.2. The minimum Gasteiger partial charge on any atom is -0.299 e. The number of rotatable bonds is 18. The van der Waals surface area contributed by atoms with E-state index < -0.39 is 0 Å². The molecule has 0 saturated heterocycles. The number of hydrogen-bond acceptors (Lipinski definition) is 2. The van der Waals surface area contributed by atoms with Crippen molar-refractivity contribution in [2.24, 2.45) is 16.8 Å². The molecule has 0 saturated carbocycles. The van der Waals surface area contributed by atoms with Crippen molar-refractivity contribution in [1.82, 2.24) is 0 Å². The Labute approximate surface area is 278 Å². The van der Waals surface area contributed by atoms with Crippen molar-refractivity contribution in [3.05, 3.63) is 69.9 Å². The maximum atomic E-state index is 13.2. The van der Waals surface area contributed by atoms with E-state index >= 15 is 0 Å². The average molecular weight is 616 g/mol. The van der Waals surface area contributed by atoms with Crippen LogP contribution in [0, 0.1) is 11.8 Å². The molecule has 3 aliphatic rings. The molecule has 45 heavy (non-hydrogen) atoms. The molecule has 2 aliphatic carbocycles. The van der Waals surface area contributed by atoms with Crippen LogP contribution in [-0.2, 0) is 4.79 Å². The van der Waals surface area contributed by atoms with E-state index in [9.17, 15) is 4.79 Å². The number of hydrogen-bond donors (Lipinski definition) is 0. The van der Waals surface area contributed by atoms with Gasteiger partial charge >= 0.3 is 0 Å². The molecule has 3 unspecified atom stereocenters. The molecule has 0 N–H and O–H groups in total. The van der Waals surface area contributed by atoms with Crippen LogP contribution in [-0.4, -0.2) is 42.8 Å². The van der Waals surface area contributed by atoms with Crippen LogP contribution in [0.15, 0.2) is 74.9 Å². The van der Waals surface area contributed by atoms with E-state index in [1.165, 1.54) is 66.7 Å². The Balaban J connectivity index is 1.36. The van der Waals surface area contributed by atoms with Crippen molar-refractivity contribution in [3.8, 4) is 0 Å². The van der Waals surface area contributed by atoms with Gasteiger partial charge in [-0.1, -0.05) is 69.9 Å². The number of aliphatic imine (C=N–C) groups is 1. The van der Waals surface area contributed by atoms with E-state index in [0.717, 1.165) is 88.3 Å². The first-order chi connectivity index (χ1) is 21.6. The summed E-state index contributed by atoms with van der Waals surface area (Å²) in [6, 6.07) is 0. The lowest BCUT2D eigenvalue weighted by atomic mass is 9.84. The molecule has 0 aromatic rings. The Morgan fingerprint density at radius 1 is 0.778 bits per heavy atom. The van der Waals surface area contributed by atoms with Gasteiger partial charge in [0.05, 0.1) is 26.1 Å². The molecule has 0 fully saturated rings. The second-order valence-corrected chi connectivity index (χ2v) is 15.1. The molecule has 3 atom stereocenters. The van der Waals surface area contributed by atoms with Crippen molar-refractivity contribution in [1.29, 1.82) is 0 Å². The van der Waals surface area contributed by atoms with Gasteiger partial charge in [0.2, 0.25) is 5.84 Å². The predicted molar refractivity (Wildman–Crippen MR) is 197 cm³/mol. The molecule has 250 valence electrons. The Kier molecular flexibility index (Phi) is 16.0. The van der Waals surface area contributed by atoms with Gasteiger partial charge < -0.3 is 0 Å². The van der Waals surface area contributed by atoms with Crippen LogP contribution >= 0.6 is 0 Å². The van der Waals surface area contributed by atoms with Crippen LogP contribution in [0.25, 0.3) is 0 Å². The summed E-state index contributed by atoms with van der Waals surface area (Å²) in [5.74, 6) is 2.73. The maximum absolute atomic E-state index is 13.2. The lowest BCUT2D eigenvalue weighted by Gasteiger charge is -2.35. The van der Waals surface area contributed by atoms with Crippen molar-refractivity contribution < 1.29 is 9.28 Å². The Bertz CT molecular complexity index is 1180. The third-order valence-corrected chi connectivity index (χ3v) is 10.4. The third-order valence-electron chi connectivity index (χ3n) is 10.4. The average Bonchev–Trinajstić information content (AvgIpc) is 3.38. The number of amidine groups is 1. The summed E-state index contributed by atoms with van der Waals surface area (Å²) < 4.78 is 0.963. The minimum absolute atomic E-state index is 0.241. The highest BCUT2D eigenvalue weighted by Crippen LogP contribution is 2.33. The number of carbonyl (C=O) groups excluding carboxylic acids is 1. The van der Waals surface area contributed by atoms with Gasteiger partial charge in [-0.15, -0.1) is 0 Å². The molecule has 3 heteroatoms. The molecular formula is C42H67N2O+. The maximum Gasteiger partial charge on any atom is 0.201 e. The van der Waals surface area contributed by atoms with E-state index in [4.69, 9.17) is 4.99 Å². The number of quaternary nitrogens is 1. The summed E-state index contributed by atoms with van der Waals surface area (Å²) in [6.45, 7) is 16.4. The molecule has 0 bridgehead atoms. The predicted octanol–water partition coefficient (Wildman–Crippen LogP) is 11.6. The summed E-state index contributed by atoms with van der Waals surface area (Å²) in [6.07, 6.45) is 32.3. The Morgan fingerprint density at radius 3 is 1.87 bits per heavy atom. The first-order valence-corrected chi connectivity index (χ1v) is 18.4. The largest absolute Gasteiger partial charge is 0.299 e. The Morgan fingerprint density at radius 2 is 1.36 bits per heavy atom. The van der Waals surface area contributed by atoms with Gasteiger partial charge in [0.25, 0.3) is 0 Å². The van der Waals surface area contributed by atoms with Crippen LogP contribution in [0.4, 0.5) is 0 Å². The van der Waals surface area contributed by atoms with Crippen LogP contribution in [0.1, 0.15) is 144 Å². The normalized spacial score (nSPS) is 24.1. The number of Topliss-reactive ketones (excluding diaryl/α,β-unsaturated/α-hetero) is 1. The SMILES string of the molecule is CC(C)=CCC/C(C)=C/CCC1=CCC(C(=O)CCC[N+]2(C)CCN=C2C2CC=C(CC/C=C(\C)CCC=C(C)C)CC2)CC1. The van der Waals surface area contributed by atoms with Crippen molar-refractivity contribution >= 4 is 11.6 Å². The fourth-order valence-corrected chi connectivity index (χ4v) is 7.42. The number of carbonyl (C=O) groups is 1. The van der Waals surface area contributed by atoms with Gasteiger partial charge in [-0.3, -0.25) is 9.28 Å². The highest BCUT2D eigenvalue weighted by atomic mass is 16.1. The van der Waals surface area contributed by atoms with E-state index in [0.29, 0.717) is 11.7 Å². The molecule has 1 aliphatic heterocycles. The quantitative estimate of drug-likeness (QED) is 0.111. The summed E-state index contributed by atoms with van der Waals surface area (Å²) in [5.41, 5.74) is 9.06. The first kappa shape index (κ1) is 37.2. The van der Waals surface area contributed by atoms with Gasteiger partial charge in [-0.25, -0.2) is 4.99 Å². The van der Waals surface area contributed by atoms with Crippen LogP contribution in [0.5, 0.6) is 0 Å². The summed E-state index contributed by atoms with van der Waals surface area (Å²) >= 11 is 0. The summed E-state index contributed by atoms with van der Waals surface area (Å²) in [7, 11) is 2.38. The van der Waals surface area contributed by atoms with Crippen molar-refractivity contribution in [3.63, 3.8) is 0 Å². The minimum atomic E-state index is 0.241. The van der Waals surface area contributed by atoms with E-state index in [1.54, 1.807) is 11.1 Å². The lowest BCUT2D eigenvalue weighted by molar-refractivity contribution is -0.816. The zero-order valence-corrected chi connectivity index (χ0v) is 30.4. The number of likely N-dealkylation sites (N-methyl/N-ethyl adjacent to an activating group) is 1. The van der Waals surface area contributed by atoms with E-state index in [1.807, 2.05) is 0 Å². The Hall–Kier alpha value is -2.26. The molecule has 3 nitrogen and oxygen atoms in total. The van der Waals surface area contributed by atoms with Crippen molar-refractivity contribution in [2.45, 2.75) is 144 Å². The standard InChI is InChI=1S/C42H67N2O/c1-33(2)13-8-15-35(5)17-10-19-37-22-26-39(27-23-37)41(45)21-12-31-44(7)32-30-43-42(44)40-28-24-38(25-29-40)20-11-18-36(6)16-9-14-34(3)4/h13-14,17-18,22,24,39-40H,8-12,15-16,19-21,23,25-32H2,1-7H3/q+1/b35-17+,36-18+. The van der Waals surface area contributed by atoms with E-state index in [-0.39, 0.29) is 5.92 Å². The third kappa shape index (κ3) is 13.6. The van der Waals surface area contributed by atoms with Crippen LogP contribution in [0.3, 0.4) is 0 Å². The molecule has 0 amide bonds. The van der Waals surface area contributed by atoms with Crippen LogP contribution in [0.2, 0.25) is 0 Å². The molecule has 3 rings (SSSR count). The second-order valence-electron chi connectivity index (χ2n) is 15.1. The molecule has 0 aromatic carbocycles. The van der Waals surface area contributed by atoms with Gasteiger partial charge in [0.1, 0.15) is 12.3 Å². The summed E-state index contributed by atoms with van der Waals surface area (Å²) in [5, 5.41) is 0. The number of allylic oxidation sites excluding steroid dienone is 12. The van der Waals surface area contributed by atoms with Gasteiger partial charge in [-0.05, 0) is 131 Å². The highest BCUT2D eigenvalue weighted by molar-refractivity contribution is 5.82. The van der Waals surface area contributed by atoms with Crippen molar-refractivity contribution in [2.75, 3.05) is 26.7 Å². The number of nitrogens with zero attached hydrogens (tertiary/aromatic N) is 2. The topological polar surface area (TPSA) is 29.4 Å². The zero-order chi connectivity index (χ0) is 32.7. The fraction of sp³-hybridized carbons (Fsp3) is 0.667. The van der Waals surface area contributed by atoms with Gasteiger partial charge in [0.15, 0.2) is 0 Å². The smallest absolute Gasteiger partial charge is 0.201 e. The van der Waals surface area contributed by atoms with Crippen LogP contribution < -0.4 is 0 Å². The molecule has 0 radical (unpaired) electrons. The zero-order valence-electron chi connectivity index (χ0n) is 30.4. The monoisotopic (exact) mass is 616 g/mol. The molecule has 1 heterocycles. The lowest BCUT2D eigenvalue weighted by Crippen LogP contribution is -2.50. The highest BCUT2D eigenvalue weighted by Gasteiger charge is 2.39. The second kappa shape index (κ2) is 19.4. The molecular weight excluding hydrogens is 548 g/mol. The van der Waals surface area contributed by atoms with Gasteiger partial charge in [-0.2, -0.15) is 0 Å². The van der Waals surface area contributed by atoms with E-state index in [2.05, 4.69) is 85.0 Å². The van der Waals surface area contributed by atoms with Gasteiger partial charge in [0, 0.05) is 18.8 Å². The first-order valence-electron chi connectivity index (χ1n) is 18.4. The molecule has 0 spiro atoms.